The standard InChI is InChI=1S/C6H10O3.2C4H6O2/c1-3-5(7)4(2)6(8)9;1-3-6-4(2)5;1-3(2)4(5)6/h7H,3H2,1-2H3,(H,8,9);3H,1H2,2H3;1H2,2H3,(H,5,6)/b5-4+;;. The number of carboxylic acid groups (broad SMARTS) is 2. The number of hydrogen-bond acceptors (Lipinski definition) is 5. The summed E-state index contributed by atoms with van der Waals surface area (Å²) in [5.41, 5.74) is 0.201. The fraction of sp³-hybridized carbons (Fsp3) is 0.357. The fourth-order valence-corrected chi connectivity index (χ4v) is 0.506. The van der Waals surface area contributed by atoms with E-state index in [1.165, 1.54) is 20.8 Å². The minimum Gasteiger partial charge on any atom is -0.512 e. The van der Waals surface area contributed by atoms with Gasteiger partial charge in [-0.25, -0.2) is 9.59 Å². The smallest absolute Gasteiger partial charge is 0.334 e. The molecule has 0 aliphatic carbocycles. The number of aliphatic hydroxyl groups is 1. The topological polar surface area (TPSA) is 121 Å². The number of carbonyl (C=O) groups is 3. The van der Waals surface area contributed by atoms with Crippen LogP contribution in [0.25, 0.3) is 0 Å². The Bertz CT molecular complexity index is 407. The van der Waals surface area contributed by atoms with Crippen molar-refractivity contribution in [3.8, 4) is 0 Å². The predicted molar refractivity (Wildman–Crippen MR) is 77.7 cm³/mol. The third-order valence-electron chi connectivity index (χ3n) is 1.70. The summed E-state index contributed by atoms with van der Waals surface area (Å²) in [7, 11) is 0. The quantitative estimate of drug-likeness (QED) is 0.414. The number of allylic oxidation sites excluding steroid dienone is 1. The molecule has 7 heteroatoms. The lowest BCUT2D eigenvalue weighted by Gasteiger charge is -1.95. The van der Waals surface area contributed by atoms with Crippen LogP contribution in [0.2, 0.25) is 0 Å². The lowest BCUT2D eigenvalue weighted by atomic mass is 10.2. The number of carbonyl (C=O) groups excluding carboxylic acids is 1. The molecule has 7 nitrogen and oxygen atoms in total. The van der Waals surface area contributed by atoms with Gasteiger partial charge in [-0.3, -0.25) is 4.79 Å². The van der Waals surface area contributed by atoms with Gasteiger partial charge >= 0.3 is 17.9 Å². The van der Waals surface area contributed by atoms with Gasteiger partial charge in [0.15, 0.2) is 0 Å². The zero-order valence-corrected chi connectivity index (χ0v) is 12.7. The summed E-state index contributed by atoms with van der Waals surface area (Å²) in [5, 5.41) is 25.0. The maximum absolute atomic E-state index is 10.1. The van der Waals surface area contributed by atoms with Gasteiger partial charge < -0.3 is 20.1 Å². The zero-order chi connectivity index (χ0) is 17.6. The van der Waals surface area contributed by atoms with Crippen molar-refractivity contribution in [1.82, 2.24) is 0 Å². The van der Waals surface area contributed by atoms with Crippen LogP contribution >= 0.6 is 0 Å². The van der Waals surface area contributed by atoms with E-state index in [1.807, 2.05) is 0 Å². The first kappa shape index (κ1) is 23.5. The number of aliphatic hydroxyl groups excluding tert-OH is 1. The van der Waals surface area contributed by atoms with Gasteiger partial charge in [-0.05, 0) is 13.8 Å². The average Bonchev–Trinajstić information content (AvgIpc) is 2.37. The Hall–Kier alpha value is -2.57. The summed E-state index contributed by atoms with van der Waals surface area (Å²) >= 11 is 0. The SMILES string of the molecule is C=C(C)C(=O)O.C=COC(C)=O.CC/C(O)=C(/C)C(=O)O. The molecular weight excluding hydrogens is 280 g/mol. The number of hydrogen-bond donors (Lipinski definition) is 3. The highest BCUT2D eigenvalue weighted by atomic mass is 16.5. The van der Waals surface area contributed by atoms with Crippen molar-refractivity contribution < 1.29 is 34.4 Å². The van der Waals surface area contributed by atoms with E-state index in [4.69, 9.17) is 15.3 Å². The van der Waals surface area contributed by atoms with Crippen LogP contribution in [0.1, 0.15) is 34.1 Å². The van der Waals surface area contributed by atoms with Gasteiger partial charge in [0.25, 0.3) is 0 Å². The minimum atomic E-state index is -1.06. The summed E-state index contributed by atoms with van der Waals surface area (Å²) in [5.74, 6) is -2.38. The summed E-state index contributed by atoms with van der Waals surface area (Å²) in [6, 6.07) is 0. The number of aliphatic carboxylic acids is 2. The van der Waals surface area contributed by atoms with Crippen molar-refractivity contribution in [1.29, 1.82) is 0 Å². The van der Waals surface area contributed by atoms with Crippen LogP contribution in [0, 0.1) is 0 Å². The minimum absolute atomic E-state index is 0.0255. The largest absolute Gasteiger partial charge is 0.512 e. The van der Waals surface area contributed by atoms with Gasteiger partial charge in [0, 0.05) is 18.9 Å². The first-order valence-electron chi connectivity index (χ1n) is 5.80. The van der Waals surface area contributed by atoms with Gasteiger partial charge in [-0.1, -0.05) is 20.1 Å². The van der Waals surface area contributed by atoms with Crippen molar-refractivity contribution in [2.75, 3.05) is 0 Å². The molecule has 0 unspecified atom stereocenters. The second-order valence-corrected chi connectivity index (χ2v) is 3.59. The van der Waals surface area contributed by atoms with Crippen molar-refractivity contribution in [2.45, 2.75) is 34.1 Å². The highest BCUT2D eigenvalue weighted by molar-refractivity contribution is 5.86. The normalized spacial score (nSPS) is 9.52. The van der Waals surface area contributed by atoms with Crippen LogP contribution in [0.15, 0.2) is 36.3 Å². The molecule has 0 radical (unpaired) electrons. The second-order valence-electron chi connectivity index (χ2n) is 3.59. The van der Waals surface area contributed by atoms with Crippen LogP contribution in [-0.2, 0) is 19.1 Å². The molecule has 0 aromatic carbocycles. The molecule has 0 rings (SSSR count). The maximum atomic E-state index is 10.1. The molecule has 0 atom stereocenters. The predicted octanol–water partition coefficient (Wildman–Crippen LogP) is 2.65. The molecule has 0 aromatic rings. The Labute approximate surface area is 123 Å². The van der Waals surface area contributed by atoms with Crippen molar-refractivity contribution >= 4 is 17.9 Å². The lowest BCUT2D eigenvalue weighted by molar-refractivity contribution is -0.135. The highest BCUT2D eigenvalue weighted by Gasteiger charge is 2.04. The third-order valence-corrected chi connectivity index (χ3v) is 1.70. The Morgan fingerprint density at radius 1 is 1.05 bits per heavy atom. The number of rotatable bonds is 4. The van der Waals surface area contributed by atoms with E-state index >= 15 is 0 Å². The first-order valence-corrected chi connectivity index (χ1v) is 5.80. The van der Waals surface area contributed by atoms with E-state index in [-0.39, 0.29) is 22.9 Å². The molecule has 3 N–H and O–H groups in total. The van der Waals surface area contributed by atoms with Crippen LogP contribution < -0.4 is 0 Å². The molecule has 0 aliphatic rings. The Kier molecular flexibility index (Phi) is 15.5. The van der Waals surface area contributed by atoms with Gasteiger partial charge in [0.1, 0.15) is 5.76 Å². The summed E-state index contributed by atoms with van der Waals surface area (Å²) in [4.78, 5) is 29.4. The van der Waals surface area contributed by atoms with Crippen molar-refractivity contribution in [3.05, 3.63) is 36.3 Å². The summed E-state index contributed by atoms with van der Waals surface area (Å²) in [6.45, 7) is 12.2. The maximum Gasteiger partial charge on any atom is 0.334 e. The van der Waals surface area contributed by atoms with Crippen molar-refractivity contribution in [3.63, 3.8) is 0 Å². The Balaban J connectivity index is -0.000000240. The average molecular weight is 302 g/mol. The lowest BCUT2D eigenvalue weighted by Crippen LogP contribution is -1.99. The molecule has 0 fully saturated rings. The second kappa shape index (κ2) is 13.9. The molecule has 21 heavy (non-hydrogen) atoms. The summed E-state index contributed by atoms with van der Waals surface area (Å²) < 4.78 is 4.17. The first-order chi connectivity index (χ1) is 9.50. The molecule has 0 heterocycles. The van der Waals surface area contributed by atoms with Gasteiger partial charge in [-0.2, -0.15) is 0 Å². The van der Waals surface area contributed by atoms with E-state index in [2.05, 4.69) is 17.9 Å². The molecule has 0 aromatic heterocycles. The van der Waals surface area contributed by atoms with Crippen LogP contribution in [0.3, 0.4) is 0 Å². The van der Waals surface area contributed by atoms with E-state index in [1.54, 1.807) is 6.92 Å². The van der Waals surface area contributed by atoms with Gasteiger partial charge in [-0.15, -0.1) is 0 Å². The molecule has 0 saturated heterocycles. The third kappa shape index (κ3) is 19.9. The molecular formula is C14H22O7. The number of esters is 1. The molecule has 0 bridgehead atoms. The number of carboxylic acids is 2. The van der Waals surface area contributed by atoms with E-state index in [9.17, 15) is 14.4 Å². The van der Waals surface area contributed by atoms with Gasteiger partial charge in [0.05, 0.1) is 11.8 Å². The zero-order valence-electron chi connectivity index (χ0n) is 12.7. The fourth-order valence-electron chi connectivity index (χ4n) is 0.506. The monoisotopic (exact) mass is 302 g/mol. The summed E-state index contributed by atoms with van der Waals surface area (Å²) in [6.07, 6.45) is 1.47. The number of ether oxygens (including phenoxy) is 1. The van der Waals surface area contributed by atoms with E-state index < -0.39 is 11.9 Å². The molecule has 0 aliphatic heterocycles. The Morgan fingerprint density at radius 2 is 1.43 bits per heavy atom. The molecule has 0 amide bonds. The molecule has 0 spiro atoms. The van der Waals surface area contributed by atoms with Crippen LogP contribution in [0.4, 0.5) is 0 Å². The van der Waals surface area contributed by atoms with Crippen molar-refractivity contribution in [2.24, 2.45) is 0 Å². The van der Waals surface area contributed by atoms with Gasteiger partial charge in [0.2, 0.25) is 0 Å². The van der Waals surface area contributed by atoms with Crippen LogP contribution in [-0.4, -0.2) is 33.2 Å². The van der Waals surface area contributed by atoms with E-state index in [0.717, 1.165) is 6.26 Å². The Morgan fingerprint density at radius 3 is 1.48 bits per heavy atom. The van der Waals surface area contributed by atoms with Crippen LogP contribution in [0.5, 0.6) is 0 Å². The highest BCUT2D eigenvalue weighted by Crippen LogP contribution is 2.03. The molecule has 120 valence electrons. The van der Waals surface area contributed by atoms with E-state index in [0.29, 0.717) is 6.42 Å². The molecule has 0 saturated carbocycles.